The fourth-order valence-corrected chi connectivity index (χ4v) is 2.44. The lowest BCUT2D eigenvalue weighted by molar-refractivity contribution is 0.361. The van der Waals surface area contributed by atoms with Crippen LogP contribution in [0.25, 0.3) is 0 Å². The number of rotatable bonds is 2. The minimum atomic E-state index is -0.419. The minimum absolute atomic E-state index is 0.109. The van der Waals surface area contributed by atoms with Gasteiger partial charge in [-0.05, 0) is 35.3 Å². The van der Waals surface area contributed by atoms with Gasteiger partial charge in [-0.15, -0.1) is 0 Å². The Bertz CT molecular complexity index is 405. The van der Waals surface area contributed by atoms with E-state index in [-0.39, 0.29) is 17.5 Å². The second-order valence-corrected chi connectivity index (χ2v) is 4.64. The molecule has 1 aromatic rings. The fourth-order valence-electron chi connectivity index (χ4n) is 2.02. The van der Waals surface area contributed by atoms with Crippen molar-refractivity contribution in [3.05, 3.63) is 21.9 Å². The third-order valence-electron chi connectivity index (χ3n) is 2.82. The summed E-state index contributed by atoms with van der Waals surface area (Å²) in [5.41, 5.74) is 0.295. The van der Waals surface area contributed by atoms with Crippen molar-refractivity contribution in [2.45, 2.75) is 18.9 Å². The molecule has 2 rings (SSSR count). The molecule has 0 radical (unpaired) electrons. The summed E-state index contributed by atoms with van der Waals surface area (Å²) in [6.07, 6.45) is 1.81. The lowest BCUT2D eigenvalue weighted by Crippen LogP contribution is -2.15. The van der Waals surface area contributed by atoms with Crippen molar-refractivity contribution in [3.63, 3.8) is 0 Å². The molecule has 1 atom stereocenters. The number of hydrogen-bond acceptors (Lipinski definition) is 3. The molecule has 0 amide bonds. The summed E-state index contributed by atoms with van der Waals surface area (Å²) in [7, 11) is 1.45. The molecule has 2 N–H and O–H groups in total. The van der Waals surface area contributed by atoms with E-state index in [0.29, 0.717) is 10.0 Å². The van der Waals surface area contributed by atoms with Crippen LogP contribution in [0.1, 0.15) is 24.4 Å². The Hall–Kier alpha value is -0.810. The lowest BCUT2D eigenvalue weighted by Gasteiger charge is -2.16. The van der Waals surface area contributed by atoms with E-state index in [1.165, 1.54) is 13.2 Å². The molecule has 0 saturated carbocycles. The van der Waals surface area contributed by atoms with E-state index < -0.39 is 5.82 Å². The highest BCUT2D eigenvalue weighted by Crippen LogP contribution is 2.41. The first-order valence-electron chi connectivity index (χ1n) is 5.13. The van der Waals surface area contributed by atoms with Gasteiger partial charge in [0.15, 0.2) is 11.5 Å². The van der Waals surface area contributed by atoms with Gasteiger partial charge in [-0.1, -0.05) is 0 Å². The zero-order valence-corrected chi connectivity index (χ0v) is 10.5. The minimum Gasteiger partial charge on any atom is -0.504 e. The first-order chi connectivity index (χ1) is 7.65. The van der Waals surface area contributed by atoms with Gasteiger partial charge >= 0.3 is 0 Å². The standard InChI is InChI=1S/C11H13BrFNO2/c1-16-8-5-6(12)10(13)9(11(8)15)7-3-2-4-14-7/h5,7,14-15H,2-4H2,1H3. The molecular formula is C11H13BrFNO2. The van der Waals surface area contributed by atoms with Crippen LogP contribution >= 0.6 is 15.9 Å². The van der Waals surface area contributed by atoms with Gasteiger partial charge in [-0.3, -0.25) is 0 Å². The second kappa shape index (κ2) is 4.59. The van der Waals surface area contributed by atoms with E-state index in [0.717, 1.165) is 19.4 Å². The molecule has 88 valence electrons. The molecule has 0 aromatic heterocycles. The zero-order chi connectivity index (χ0) is 11.7. The molecule has 1 heterocycles. The maximum Gasteiger partial charge on any atom is 0.165 e. The predicted octanol–water partition coefficient (Wildman–Crippen LogP) is 2.73. The van der Waals surface area contributed by atoms with Gasteiger partial charge in [-0.25, -0.2) is 4.39 Å². The van der Waals surface area contributed by atoms with Crippen LogP contribution in [0, 0.1) is 5.82 Å². The van der Waals surface area contributed by atoms with Crippen molar-refractivity contribution in [3.8, 4) is 11.5 Å². The van der Waals surface area contributed by atoms with Crippen LogP contribution in [0.2, 0.25) is 0 Å². The predicted molar refractivity (Wildman–Crippen MR) is 62.3 cm³/mol. The highest BCUT2D eigenvalue weighted by Gasteiger charge is 2.26. The van der Waals surface area contributed by atoms with Crippen LogP contribution in [0.3, 0.4) is 0 Å². The number of nitrogens with one attached hydrogen (secondary N) is 1. The van der Waals surface area contributed by atoms with Crippen LogP contribution < -0.4 is 10.1 Å². The van der Waals surface area contributed by atoms with Crippen molar-refractivity contribution < 1.29 is 14.2 Å². The molecule has 0 spiro atoms. The average molecular weight is 290 g/mol. The maximum absolute atomic E-state index is 13.9. The molecule has 1 unspecified atom stereocenters. The number of halogens is 2. The van der Waals surface area contributed by atoms with E-state index in [1.54, 1.807) is 0 Å². The molecule has 0 bridgehead atoms. The van der Waals surface area contributed by atoms with Gasteiger partial charge in [0.25, 0.3) is 0 Å². The third kappa shape index (κ3) is 1.89. The van der Waals surface area contributed by atoms with Gasteiger partial charge < -0.3 is 15.2 Å². The summed E-state index contributed by atoms with van der Waals surface area (Å²) in [6, 6.07) is 1.30. The average Bonchev–Trinajstić information content (AvgIpc) is 2.77. The molecule has 16 heavy (non-hydrogen) atoms. The number of aromatic hydroxyl groups is 1. The molecule has 5 heteroatoms. The summed E-state index contributed by atoms with van der Waals surface area (Å²) in [6.45, 7) is 0.846. The van der Waals surface area contributed by atoms with Crippen LogP contribution in [-0.2, 0) is 0 Å². The Morgan fingerprint density at radius 3 is 2.94 bits per heavy atom. The number of phenolic OH excluding ortho intramolecular Hbond substituents is 1. The molecule has 1 fully saturated rings. The van der Waals surface area contributed by atoms with Crippen molar-refractivity contribution in [2.24, 2.45) is 0 Å². The van der Waals surface area contributed by atoms with Gasteiger partial charge in [0.2, 0.25) is 0 Å². The Kier molecular flexibility index (Phi) is 3.35. The third-order valence-corrected chi connectivity index (χ3v) is 3.40. The zero-order valence-electron chi connectivity index (χ0n) is 8.89. The largest absolute Gasteiger partial charge is 0.504 e. The normalized spacial score (nSPS) is 20.1. The molecule has 1 aliphatic rings. The Labute approximate surface area is 102 Å². The Balaban J connectivity index is 2.52. The van der Waals surface area contributed by atoms with Gasteiger partial charge in [0.1, 0.15) is 5.82 Å². The number of phenols is 1. The van der Waals surface area contributed by atoms with Crippen LogP contribution in [-0.4, -0.2) is 18.8 Å². The highest BCUT2D eigenvalue weighted by molar-refractivity contribution is 9.10. The van der Waals surface area contributed by atoms with E-state index in [4.69, 9.17) is 4.74 Å². The molecular weight excluding hydrogens is 277 g/mol. The summed E-state index contributed by atoms with van der Waals surface area (Å²) in [4.78, 5) is 0. The SMILES string of the molecule is COc1cc(Br)c(F)c(C2CCCN2)c1O. The fraction of sp³-hybridized carbons (Fsp3) is 0.455. The van der Waals surface area contributed by atoms with E-state index >= 15 is 0 Å². The molecule has 0 aliphatic carbocycles. The molecule has 1 saturated heterocycles. The first-order valence-corrected chi connectivity index (χ1v) is 5.92. The first kappa shape index (κ1) is 11.7. The molecule has 1 aliphatic heterocycles. The summed E-state index contributed by atoms with van der Waals surface area (Å²) >= 11 is 3.13. The number of benzene rings is 1. The Morgan fingerprint density at radius 2 is 2.38 bits per heavy atom. The summed E-state index contributed by atoms with van der Waals surface area (Å²) in [5, 5.41) is 13.1. The van der Waals surface area contributed by atoms with E-state index in [9.17, 15) is 9.50 Å². The van der Waals surface area contributed by atoms with Gasteiger partial charge in [-0.2, -0.15) is 0 Å². The van der Waals surface area contributed by atoms with E-state index in [1.807, 2.05) is 0 Å². The summed E-state index contributed by atoms with van der Waals surface area (Å²) < 4.78 is 19.2. The maximum atomic E-state index is 13.9. The number of hydrogen-bond donors (Lipinski definition) is 2. The smallest absolute Gasteiger partial charge is 0.165 e. The highest BCUT2D eigenvalue weighted by atomic mass is 79.9. The monoisotopic (exact) mass is 289 g/mol. The number of methoxy groups -OCH3 is 1. The molecule has 1 aromatic carbocycles. The van der Waals surface area contributed by atoms with Crippen LogP contribution in [0.4, 0.5) is 4.39 Å². The lowest BCUT2D eigenvalue weighted by atomic mass is 10.0. The quantitative estimate of drug-likeness (QED) is 0.880. The van der Waals surface area contributed by atoms with Crippen LogP contribution in [0.5, 0.6) is 11.5 Å². The van der Waals surface area contributed by atoms with E-state index in [2.05, 4.69) is 21.2 Å². The van der Waals surface area contributed by atoms with Crippen molar-refractivity contribution in [1.82, 2.24) is 5.32 Å². The summed E-state index contributed by atoms with van der Waals surface area (Å²) in [5.74, 6) is -0.239. The second-order valence-electron chi connectivity index (χ2n) is 3.79. The van der Waals surface area contributed by atoms with Crippen molar-refractivity contribution in [2.75, 3.05) is 13.7 Å². The van der Waals surface area contributed by atoms with Gasteiger partial charge in [0.05, 0.1) is 17.1 Å². The van der Waals surface area contributed by atoms with Crippen molar-refractivity contribution >= 4 is 15.9 Å². The van der Waals surface area contributed by atoms with Crippen molar-refractivity contribution in [1.29, 1.82) is 0 Å². The Morgan fingerprint density at radius 1 is 1.62 bits per heavy atom. The van der Waals surface area contributed by atoms with Gasteiger partial charge in [0, 0.05) is 12.1 Å². The molecule has 3 nitrogen and oxygen atoms in total. The number of ether oxygens (including phenoxy) is 1. The topological polar surface area (TPSA) is 41.5 Å². The van der Waals surface area contributed by atoms with Crippen LogP contribution in [0.15, 0.2) is 10.5 Å².